The number of halogens is 1. The third kappa shape index (κ3) is 5.67. The zero-order chi connectivity index (χ0) is 22.3. The molecule has 0 bridgehead atoms. The van der Waals surface area contributed by atoms with Crippen molar-refractivity contribution in [2.24, 2.45) is 5.92 Å². The molecule has 1 aliphatic carbocycles. The molecule has 2 amide bonds. The average molecular weight is 438 g/mol. The first kappa shape index (κ1) is 22.3. The van der Waals surface area contributed by atoms with E-state index in [2.05, 4.69) is 15.5 Å². The fraction of sp³-hybridized carbons (Fsp3) is 0.462. The molecular formula is C26H32FN3O2. The smallest absolute Gasteiger partial charge is 0.253 e. The second-order valence-corrected chi connectivity index (χ2v) is 8.98. The maximum Gasteiger partial charge on any atom is 0.253 e. The second-order valence-electron chi connectivity index (χ2n) is 8.98. The van der Waals surface area contributed by atoms with E-state index in [0.29, 0.717) is 17.0 Å². The molecule has 4 rings (SSSR count). The lowest BCUT2D eigenvalue weighted by Crippen LogP contribution is -2.45. The molecule has 32 heavy (non-hydrogen) atoms. The van der Waals surface area contributed by atoms with Crippen LogP contribution in [-0.2, 0) is 0 Å². The number of piperidine rings is 1. The summed E-state index contributed by atoms with van der Waals surface area (Å²) in [6.07, 6.45) is 7.81. The number of hydrogen-bond donors (Lipinski definition) is 2. The highest BCUT2D eigenvalue weighted by molar-refractivity contribution is 5.99. The van der Waals surface area contributed by atoms with Crippen molar-refractivity contribution in [1.82, 2.24) is 10.6 Å². The molecule has 2 aromatic rings. The van der Waals surface area contributed by atoms with Gasteiger partial charge in [0.2, 0.25) is 0 Å². The molecule has 0 radical (unpaired) electrons. The predicted octanol–water partition coefficient (Wildman–Crippen LogP) is 4.53. The molecule has 5 nitrogen and oxygen atoms in total. The first-order valence-electron chi connectivity index (χ1n) is 11.8. The van der Waals surface area contributed by atoms with Crippen LogP contribution in [0.1, 0.15) is 65.7 Å². The Labute approximate surface area is 189 Å². The fourth-order valence-electron chi connectivity index (χ4n) is 4.83. The largest absolute Gasteiger partial charge is 0.371 e. The number of nitrogens with zero attached hydrogens (tertiary/aromatic N) is 1. The van der Waals surface area contributed by atoms with E-state index in [1.165, 1.54) is 44.2 Å². The summed E-state index contributed by atoms with van der Waals surface area (Å²) in [5.74, 6) is -0.0682. The van der Waals surface area contributed by atoms with Crippen molar-refractivity contribution in [3.05, 3.63) is 65.5 Å². The molecule has 1 heterocycles. The van der Waals surface area contributed by atoms with Gasteiger partial charge >= 0.3 is 0 Å². The molecule has 2 aromatic carbocycles. The van der Waals surface area contributed by atoms with Crippen molar-refractivity contribution >= 4 is 17.5 Å². The number of anilines is 1. The van der Waals surface area contributed by atoms with Gasteiger partial charge in [0.15, 0.2) is 0 Å². The van der Waals surface area contributed by atoms with E-state index in [-0.39, 0.29) is 17.9 Å². The maximum atomic E-state index is 13.4. The number of rotatable bonds is 6. The summed E-state index contributed by atoms with van der Waals surface area (Å²) in [5, 5.41) is 6.17. The van der Waals surface area contributed by atoms with Crippen molar-refractivity contribution in [1.29, 1.82) is 0 Å². The highest BCUT2D eigenvalue weighted by Crippen LogP contribution is 2.26. The Hall–Kier alpha value is -2.89. The van der Waals surface area contributed by atoms with Gasteiger partial charge in [-0.25, -0.2) is 4.39 Å². The van der Waals surface area contributed by atoms with Gasteiger partial charge in [-0.05, 0) is 61.9 Å². The normalized spacial score (nSPS) is 17.7. The number of carbonyl (C=O) groups excluding carboxylic acids is 2. The fourth-order valence-corrected chi connectivity index (χ4v) is 4.83. The van der Waals surface area contributed by atoms with Crippen molar-refractivity contribution in [2.45, 2.75) is 51.0 Å². The highest BCUT2D eigenvalue weighted by Gasteiger charge is 2.24. The summed E-state index contributed by atoms with van der Waals surface area (Å²) in [6, 6.07) is 13.6. The van der Waals surface area contributed by atoms with Gasteiger partial charge in [-0.15, -0.1) is 0 Å². The molecule has 0 unspecified atom stereocenters. The van der Waals surface area contributed by atoms with Crippen molar-refractivity contribution in [2.75, 3.05) is 24.5 Å². The Morgan fingerprint density at radius 2 is 1.66 bits per heavy atom. The van der Waals surface area contributed by atoms with Gasteiger partial charge in [-0.3, -0.25) is 9.59 Å². The number of para-hydroxylation sites is 1. The van der Waals surface area contributed by atoms with Gasteiger partial charge in [0, 0.05) is 36.9 Å². The number of hydrogen-bond acceptors (Lipinski definition) is 3. The molecule has 170 valence electrons. The average Bonchev–Trinajstić information content (AvgIpc) is 2.84. The molecule has 0 aromatic heterocycles. The lowest BCUT2D eigenvalue weighted by atomic mass is 9.89. The van der Waals surface area contributed by atoms with Gasteiger partial charge in [-0.1, -0.05) is 37.5 Å². The molecule has 6 heteroatoms. The van der Waals surface area contributed by atoms with E-state index in [4.69, 9.17) is 0 Å². The van der Waals surface area contributed by atoms with Crippen molar-refractivity contribution in [3.63, 3.8) is 0 Å². The molecule has 0 atom stereocenters. The molecular weight excluding hydrogens is 405 g/mol. The quantitative estimate of drug-likeness (QED) is 0.698. The van der Waals surface area contributed by atoms with E-state index in [0.717, 1.165) is 38.2 Å². The predicted molar refractivity (Wildman–Crippen MR) is 124 cm³/mol. The van der Waals surface area contributed by atoms with Crippen LogP contribution in [0.2, 0.25) is 0 Å². The zero-order valence-corrected chi connectivity index (χ0v) is 18.5. The van der Waals surface area contributed by atoms with Crippen LogP contribution in [0.3, 0.4) is 0 Å². The van der Waals surface area contributed by atoms with E-state index < -0.39 is 5.82 Å². The third-order valence-corrected chi connectivity index (χ3v) is 6.68. The minimum atomic E-state index is -0.411. The van der Waals surface area contributed by atoms with Crippen LogP contribution < -0.4 is 15.5 Å². The number of amides is 2. The van der Waals surface area contributed by atoms with Crippen LogP contribution >= 0.6 is 0 Å². The van der Waals surface area contributed by atoms with Crippen LogP contribution in [0.15, 0.2) is 48.5 Å². The molecule has 2 fully saturated rings. The van der Waals surface area contributed by atoms with Crippen LogP contribution in [-0.4, -0.2) is 37.5 Å². The van der Waals surface area contributed by atoms with Crippen molar-refractivity contribution in [3.8, 4) is 0 Å². The summed E-state index contributed by atoms with van der Waals surface area (Å²) in [5.41, 5.74) is 2.00. The molecule has 0 spiro atoms. The monoisotopic (exact) mass is 437 g/mol. The first-order chi connectivity index (χ1) is 15.6. The Bertz CT molecular complexity index is 934. The second kappa shape index (κ2) is 10.6. The summed E-state index contributed by atoms with van der Waals surface area (Å²) < 4.78 is 13.4. The van der Waals surface area contributed by atoms with Gasteiger partial charge < -0.3 is 15.5 Å². The Morgan fingerprint density at radius 3 is 2.41 bits per heavy atom. The molecule has 1 saturated carbocycles. The lowest BCUT2D eigenvalue weighted by Gasteiger charge is -2.35. The summed E-state index contributed by atoms with van der Waals surface area (Å²) >= 11 is 0. The van der Waals surface area contributed by atoms with Crippen molar-refractivity contribution < 1.29 is 14.0 Å². The minimum absolute atomic E-state index is 0.00676. The molecule has 2 aliphatic rings. The zero-order valence-electron chi connectivity index (χ0n) is 18.5. The molecule has 1 aliphatic heterocycles. The summed E-state index contributed by atoms with van der Waals surface area (Å²) in [7, 11) is 0. The number of carbonyl (C=O) groups is 2. The minimum Gasteiger partial charge on any atom is -0.371 e. The van der Waals surface area contributed by atoms with E-state index in [9.17, 15) is 14.0 Å². The van der Waals surface area contributed by atoms with Gasteiger partial charge in [0.05, 0.1) is 5.56 Å². The van der Waals surface area contributed by atoms with E-state index >= 15 is 0 Å². The van der Waals surface area contributed by atoms with Crippen LogP contribution in [0.4, 0.5) is 10.1 Å². The van der Waals surface area contributed by atoms with Gasteiger partial charge in [-0.2, -0.15) is 0 Å². The Balaban J connectivity index is 1.32. The van der Waals surface area contributed by atoms with E-state index in [1.807, 2.05) is 24.3 Å². The third-order valence-electron chi connectivity index (χ3n) is 6.68. The summed E-state index contributed by atoms with van der Waals surface area (Å²) in [6.45, 7) is 2.25. The van der Waals surface area contributed by atoms with Gasteiger partial charge in [0.25, 0.3) is 11.8 Å². The number of benzene rings is 2. The topological polar surface area (TPSA) is 61.4 Å². The van der Waals surface area contributed by atoms with Crippen LogP contribution in [0, 0.1) is 11.7 Å². The Kier molecular flexibility index (Phi) is 7.40. The standard InChI is InChI=1S/C26H32FN3O2/c27-21-10-6-9-20(17-21)25(31)29-22-13-15-30(16-14-22)24-12-5-4-11-23(24)26(32)28-18-19-7-2-1-3-8-19/h4-6,9-12,17,19,22H,1-3,7-8,13-16,18H2,(H,28,32)(H,29,31). The SMILES string of the molecule is O=C(NC1CCN(c2ccccc2C(=O)NCC2CCCCC2)CC1)c1cccc(F)c1. The number of nitrogens with one attached hydrogen (secondary N) is 2. The Morgan fingerprint density at radius 1 is 0.906 bits per heavy atom. The van der Waals surface area contributed by atoms with Crippen LogP contribution in [0.25, 0.3) is 0 Å². The highest BCUT2D eigenvalue weighted by atomic mass is 19.1. The lowest BCUT2D eigenvalue weighted by molar-refractivity contribution is 0.0928. The molecule has 2 N–H and O–H groups in total. The van der Waals surface area contributed by atoms with Crippen LogP contribution in [0.5, 0.6) is 0 Å². The summed E-state index contributed by atoms with van der Waals surface area (Å²) in [4.78, 5) is 27.6. The molecule has 1 saturated heterocycles. The maximum absolute atomic E-state index is 13.4. The first-order valence-corrected chi connectivity index (χ1v) is 11.8. The van der Waals surface area contributed by atoms with Gasteiger partial charge in [0.1, 0.15) is 5.82 Å². The van der Waals surface area contributed by atoms with E-state index in [1.54, 1.807) is 12.1 Å².